The van der Waals surface area contributed by atoms with Gasteiger partial charge in [-0.2, -0.15) is 5.26 Å². The molecular formula is C34H40N4O2. The largest absolute Gasteiger partial charge is 0.506 e. The van der Waals surface area contributed by atoms with Crippen LogP contribution in [0.2, 0.25) is 0 Å². The Kier molecular flexibility index (Phi) is 11.1. The first-order chi connectivity index (χ1) is 19.4. The third kappa shape index (κ3) is 7.18. The number of pyridine rings is 2. The second-order valence-electron chi connectivity index (χ2n) is 9.40. The molecule has 0 amide bonds. The van der Waals surface area contributed by atoms with Crippen LogP contribution in [0.25, 0.3) is 27.4 Å². The molecule has 1 aliphatic rings. The van der Waals surface area contributed by atoms with Gasteiger partial charge >= 0.3 is 0 Å². The summed E-state index contributed by atoms with van der Waals surface area (Å²) in [7, 11) is 2.08. The molecule has 6 nitrogen and oxygen atoms in total. The lowest BCUT2D eigenvalue weighted by atomic mass is 9.95. The van der Waals surface area contributed by atoms with Gasteiger partial charge in [-0.25, -0.2) is 0 Å². The minimum Gasteiger partial charge on any atom is -0.506 e. The smallest absolute Gasteiger partial charge is 0.133 e. The molecule has 0 aliphatic heterocycles. The molecule has 1 fully saturated rings. The fourth-order valence-corrected chi connectivity index (χ4v) is 4.42. The maximum Gasteiger partial charge on any atom is 0.133 e. The van der Waals surface area contributed by atoms with Gasteiger partial charge in [-0.1, -0.05) is 39.0 Å². The van der Waals surface area contributed by atoms with Gasteiger partial charge in [0.1, 0.15) is 17.6 Å². The average molecular weight is 537 g/mol. The Morgan fingerprint density at radius 3 is 2.48 bits per heavy atom. The summed E-state index contributed by atoms with van der Waals surface area (Å²) < 4.78 is 8.32. The van der Waals surface area contributed by atoms with Gasteiger partial charge < -0.3 is 14.4 Å². The molecule has 0 saturated heterocycles. The van der Waals surface area contributed by atoms with Gasteiger partial charge in [0, 0.05) is 41.4 Å². The van der Waals surface area contributed by atoms with E-state index in [1.165, 1.54) is 18.0 Å². The minimum absolute atomic E-state index is 0.218. The summed E-state index contributed by atoms with van der Waals surface area (Å²) in [4.78, 5) is 8.11. The van der Waals surface area contributed by atoms with Crippen LogP contribution in [-0.2, 0) is 11.8 Å². The lowest BCUT2D eigenvalue weighted by Crippen LogP contribution is -2.21. The number of aryl methyl sites for hydroxylation is 2. The van der Waals surface area contributed by atoms with Crippen LogP contribution >= 0.6 is 0 Å². The summed E-state index contributed by atoms with van der Waals surface area (Å²) in [6, 6.07) is 14.2. The summed E-state index contributed by atoms with van der Waals surface area (Å²) in [5.74, 6) is 0.927. The number of ether oxygens (including phenoxy) is 1. The highest BCUT2D eigenvalue weighted by Crippen LogP contribution is 2.32. The van der Waals surface area contributed by atoms with E-state index in [2.05, 4.69) is 58.9 Å². The molecule has 0 unspecified atom stereocenters. The van der Waals surface area contributed by atoms with E-state index in [1.807, 2.05) is 58.3 Å². The highest BCUT2D eigenvalue weighted by Gasteiger charge is 2.21. The Hall–Kier alpha value is -4.37. The Bertz CT molecular complexity index is 1530. The Balaban J connectivity index is 0.000000376. The number of rotatable bonds is 6. The number of aromatic nitrogens is 3. The fourth-order valence-electron chi connectivity index (χ4n) is 4.42. The highest BCUT2D eigenvalue weighted by atomic mass is 16.5. The number of nitriles is 1. The van der Waals surface area contributed by atoms with E-state index in [0.29, 0.717) is 11.3 Å². The molecule has 0 atom stereocenters. The Morgan fingerprint density at radius 2 is 1.90 bits per heavy atom. The van der Waals surface area contributed by atoms with Crippen LogP contribution < -0.4 is 0 Å². The normalized spacial score (nSPS) is 14.0. The molecule has 5 rings (SSSR count). The number of aromatic hydroxyl groups is 1. The summed E-state index contributed by atoms with van der Waals surface area (Å²) in [6.45, 7) is 9.95. The second kappa shape index (κ2) is 14.7. The first-order valence-electron chi connectivity index (χ1n) is 14.0. The van der Waals surface area contributed by atoms with Crippen LogP contribution in [0.1, 0.15) is 64.6 Å². The van der Waals surface area contributed by atoms with Crippen molar-refractivity contribution >= 4 is 27.4 Å². The summed E-state index contributed by atoms with van der Waals surface area (Å²) in [5.41, 5.74) is 5.90. The van der Waals surface area contributed by atoms with Crippen molar-refractivity contribution < 1.29 is 9.84 Å². The topological polar surface area (TPSA) is 84.0 Å². The number of hydrogen-bond donors (Lipinski definition) is 1. The molecule has 40 heavy (non-hydrogen) atoms. The van der Waals surface area contributed by atoms with Crippen molar-refractivity contribution in [3.8, 4) is 11.8 Å². The molecule has 6 heteroatoms. The zero-order valence-electron chi connectivity index (χ0n) is 24.5. The SMILES string of the molecule is CC.C\C=C(/C=C(C#N)\C(=C\CC)OC1CCC1)c1ccc2c3cnccc3n(C)c2c1.Cc1ccc(O)cn1. The molecule has 3 heterocycles. The van der Waals surface area contributed by atoms with Gasteiger partial charge in [-0.15, -0.1) is 0 Å². The maximum atomic E-state index is 9.85. The first-order valence-corrected chi connectivity index (χ1v) is 14.0. The van der Waals surface area contributed by atoms with Crippen LogP contribution in [0, 0.1) is 18.3 Å². The molecule has 1 saturated carbocycles. The predicted octanol–water partition coefficient (Wildman–Crippen LogP) is 8.56. The summed E-state index contributed by atoms with van der Waals surface area (Å²) >= 11 is 0. The van der Waals surface area contributed by atoms with Crippen LogP contribution in [0.5, 0.6) is 5.75 Å². The predicted molar refractivity (Wildman–Crippen MR) is 165 cm³/mol. The number of allylic oxidation sites excluding steroid dienone is 5. The van der Waals surface area contributed by atoms with E-state index in [9.17, 15) is 5.26 Å². The molecule has 1 aliphatic carbocycles. The van der Waals surface area contributed by atoms with Gasteiger partial charge in [0.2, 0.25) is 0 Å². The van der Waals surface area contributed by atoms with Crippen LogP contribution in [0.4, 0.5) is 0 Å². The number of benzene rings is 1. The third-order valence-electron chi connectivity index (χ3n) is 6.77. The van der Waals surface area contributed by atoms with E-state index in [0.717, 1.165) is 52.5 Å². The number of fused-ring (bicyclic) bond motifs is 3. The van der Waals surface area contributed by atoms with Crippen LogP contribution in [0.15, 0.2) is 84.5 Å². The molecule has 208 valence electrons. The Morgan fingerprint density at radius 1 is 1.12 bits per heavy atom. The van der Waals surface area contributed by atoms with Crippen molar-refractivity contribution in [1.29, 1.82) is 5.26 Å². The minimum atomic E-state index is 0.218. The summed E-state index contributed by atoms with van der Waals surface area (Å²) in [5, 5.41) is 20.9. The van der Waals surface area contributed by atoms with Crippen LogP contribution in [-0.4, -0.2) is 25.7 Å². The summed E-state index contributed by atoms with van der Waals surface area (Å²) in [6.07, 6.45) is 15.6. The average Bonchev–Trinajstić information content (AvgIpc) is 3.25. The fraction of sp³-hybridized carbons (Fsp3) is 0.324. The molecule has 0 spiro atoms. The Labute approximate surface area is 238 Å². The lowest BCUT2D eigenvalue weighted by Gasteiger charge is -2.27. The monoisotopic (exact) mass is 536 g/mol. The van der Waals surface area contributed by atoms with Crippen molar-refractivity contribution in [1.82, 2.24) is 14.5 Å². The zero-order chi connectivity index (χ0) is 29.1. The molecule has 3 aromatic heterocycles. The van der Waals surface area contributed by atoms with E-state index in [4.69, 9.17) is 9.84 Å². The van der Waals surface area contributed by atoms with Crippen molar-refractivity contribution in [2.45, 2.75) is 66.4 Å². The van der Waals surface area contributed by atoms with Crippen molar-refractivity contribution in [3.63, 3.8) is 0 Å². The lowest BCUT2D eigenvalue weighted by molar-refractivity contribution is 0.0572. The number of nitrogens with zero attached hydrogens (tertiary/aromatic N) is 4. The molecule has 0 radical (unpaired) electrons. The number of hydrogen-bond acceptors (Lipinski definition) is 5. The van der Waals surface area contributed by atoms with E-state index in [1.54, 1.807) is 12.1 Å². The second-order valence-corrected chi connectivity index (χ2v) is 9.40. The molecule has 1 aromatic carbocycles. The van der Waals surface area contributed by atoms with Gasteiger partial charge in [0.15, 0.2) is 0 Å². The van der Waals surface area contributed by atoms with Gasteiger partial charge in [-0.05, 0) is 87.1 Å². The first kappa shape index (κ1) is 30.2. The third-order valence-corrected chi connectivity index (χ3v) is 6.77. The van der Waals surface area contributed by atoms with Gasteiger partial charge in [0.25, 0.3) is 0 Å². The van der Waals surface area contributed by atoms with Gasteiger partial charge in [-0.3, -0.25) is 9.97 Å². The molecule has 4 aromatic rings. The van der Waals surface area contributed by atoms with Crippen molar-refractivity contribution in [2.75, 3.05) is 0 Å². The van der Waals surface area contributed by atoms with Crippen molar-refractivity contribution in [2.24, 2.45) is 7.05 Å². The zero-order valence-corrected chi connectivity index (χ0v) is 24.5. The van der Waals surface area contributed by atoms with Crippen molar-refractivity contribution in [3.05, 3.63) is 95.8 Å². The van der Waals surface area contributed by atoms with Gasteiger partial charge in [0.05, 0.1) is 23.4 Å². The molecule has 0 bridgehead atoms. The van der Waals surface area contributed by atoms with Crippen LogP contribution in [0.3, 0.4) is 0 Å². The van der Waals surface area contributed by atoms with E-state index >= 15 is 0 Å². The highest BCUT2D eigenvalue weighted by molar-refractivity contribution is 6.08. The molecule has 1 N–H and O–H groups in total. The quantitative estimate of drug-likeness (QED) is 0.152. The molecular weight excluding hydrogens is 496 g/mol. The standard InChI is InChI=1S/C26H27N3O.C6H7NO.C2H6/c1-4-7-26(30-21-8-6-9-21)20(16-27)14-18(5-2)19-10-11-22-23-17-28-13-12-24(23)29(3)25(22)15-19;1-5-2-3-6(8)4-7-5;1-2/h5,7,10-15,17,21H,4,6,8-9H2,1-3H3;2-4,8H,1H3;1-2H3/b18-5+,20-14-,26-7-;;. The van der Waals surface area contributed by atoms with E-state index < -0.39 is 0 Å². The van der Waals surface area contributed by atoms with E-state index in [-0.39, 0.29) is 11.9 Å². The maximum absolute atomic E-state index is 9.85.